The van der Waals surface area contributed by atoms with Gasteiger partial charge in [0.05, 0.1) is 12.0 Å². The van der Waals surface area contributed by atoms with Gasteiger partial charge in [-0.15, -0.1) is 0 Å². The summed E-state index contributed by atoms with van der Waals surface area (Å²) >= 11 is 0. The summed E-state index contributed by atoms with van der Waals surface area (Å²) in [6, 6.07) is 0.219. The molecule has 1 saturated carbocycles. The van der Waals surface area contributed by atoms with Crippen molar-refractivity contribution in [1.82, 2.24) is 5.32 Å². The van der Waals surface area contributed by atoms with Crippen LogP contribution in [0.1, 0.15) is 39.5 Å². The van der Waals surface area contributed by atoms with Gasteiger partial charge < -0.3 is 10.4 Å². The molecule has 1 rings (SSSR count). The summed E-state index contributed by atoms with van der Waals surface area (Å²) in [5, 5.41) is 12.1. The van der Waals surface area contributed by atoms with Crippen LogP contribution in [0.15, 0.2) is 0 Å². The van der Waals surface area contributed by atoms with Gasteiger partial charge in [-0.1, -0.05) is 13.3 Å². The Morgan fingerprint density at radius 2 is 2.23 bits per heavy atom. The van der Waals surface area contributed by atoms with Crippen molar-refractivity contribution in [2.24, 2.45) is 5.41 Å². The number of hydrogen-bond acceptors (Lipinski definition) is 2. The Morgan fingerprint density at radius 3 is 2.54 bits per heavy atom. The predicted octanol–water partition coefficient (Wildman–Crippen LogP) is 1.06. The minimum absolute atomic E-state index is 0.00469. The van der Waals surface area contributed by atoms with Crippen LogP contribution in [-0.4, -0.2) is 23.7 Å². The number of carbonyl (C=O) groups excluding carboxylic acids is 1. The Labute approximate surface area is 79.5 Å². The highest BCUT2D eigenvalue weighted by Crippen LogP contribution is 2.40. The molecule has 0 heterocycles. The van der Waals surface area contributed by atoms with Gasteiger partial charge in [-0.25, -0.2) is 0 Å². The quantitative estimate of drug-likeness (QED) is 0.688. The summed E-state index contributed by atoms with van der Waals surface area (Å²) in [5.74, 6) is 0.0376. The molecule has 13 heavy (non-hydrogen) atoms. The van der Waals surface area contributed by atoms with E-state index in [4.69, 9.17) is 5.11 Å². The van der Waals surface area contributed by atoms with E-state index in [1.807, 2.05) is 13.8 Å². The van der Waals surface area contributed by atoms with Gasteiger partial charge in [0, 0.05) is 6.04 Å². The van der Waals surface area contributed by atoms with Crippen LogP contribution >= 0.6 is 0 Å². The first-order chi connectivity index (χ1) is 6.14. The van der Waals surface area contributed by atoms with Gasteiger partial charge in [-0.3, -0.25) is 4.79 Å². The topological polar surface area (TPSA) is 49.3 Å². The number of carbonyl (C=O) groups is 1. The molecule has 1 atom stereocenters. The summed E-state index contributed by atoms with van der Waals surface area (Å²) in [6.07, 6.45) is 3.68. The smallest absolute Gasteiger partial charge is 0.228 e. The summed E-state index contributed by atoms with van der Waals surface area (Å²) in [6.45, 7) is 4.02. The fraction of sp³-hybridized carbons (Fsp3) is 0.900. The van der Waals surface area contributed by atoms with Crippen molar-refractivity contribution < 1.29 is 9.90 Å². The van der Waals surface area contributed by atoms with Gasteiger partial charge in [-0.2, -0.15) is 0 Å². The normalized spacial score (nSPS) is 21.8. The maximum atomic E-state index is 11.7. The number of hydrogen-bond donors (Lipinski definition) is 2. The molecular weight excluding hydrogens is 166 g/mol. The van der Waals surface area contributed by atoms with Crippen molar-refractivity contribution in [3.63, 3.8) is 0 Å². The lowest BCUT2D eigenvalue weighted by Gasteiger charge is -2.39. The molecule has 0 aromatic carbocycles. The van der Waals surface area contributed by atoms with Gasteiger partial charge in [0.25, 0.3) is 0 Å². The van der Waals surface area contributed by atoms with Crippen molar-refractivity contribution in [1.29, 1.82) is 0 Å². The van der Waals surface area contributed by atoms with E-state index in [1.165, 1.54) is 0 Å². The van der Waals surface area contributed by atoms with Gasteiger partial charge in [0.2, 0.25) is 5.91 Å². The zero-order valence-corrected chi connectivity index (χ0v) is 8.47. The molecule has 0 aliphatic heterocycles. The Morgan fingerprint density at radius 1 is 1.62 bits per heavy atom. The van der Waals surface area contributed by atoms with E-state index in [0.717, 1.165) is 25.7 Å². The lowest BCUT2D eigenvalue weighted by molar-refractivity contribution is -0.140. The van der Waals surface area contributed by atoms with Gasteiger partial charge in [-0.05, 0) is 26.2 Å². The molecule has 0 aromatic rings. The van der Waals surface area contributed by atoms with Crippen LogP contribution in [0.25, 0.3) is 0 Å². The first kappa shape index (κ1) is 10.5. The predicted molar refractivity (Wildman–Crippen MR) is 51.3 cm³/mol. The third kappa shape index (κ3) is 2.02. The molecule has 0 radical (unpaired) electrons. The molecular formula is C10H19NO2. The monoisotopic (exact) mass is 185 g/mol. The van der Waals surface area contributed by atoms with Crippen LogP contribution in [0.4, 0.5) is 0 Å². The maximum absolute atomic E-state index is 11.7. The molecule has 3 heteroatoms. The van der Waals surface area contributed by atoms with E-state index < -0.39 is 5.41 Å². The highest BCUT2D eigenvalue weighted by atomic mass is 16.3. The van der Waals surface area contributed by atoms with Crippen LogP contribution in [0.3, 0.4) is 0 Å². The third-order valence-electron chi connectivity index (χ3n) is 3.08. The van der Waals surface area contributed by atoms with Crippen LogP contribution in [-0.2, 0) is 4.79 Å². The van der Waals surface area contributed by atoms with E-state index in [2.05, 4.69) is 5.32 Å². The Balaban J connectivity index is 2.46. The second-order valence-electron chi connectivity index (χ2n) is 4.07. The second-order valence-corrected chi connectivity index (χ2v) is 4.07. The van der Waals surface area contributed by atoms with E-state index in [9.17, 15) is 4.79 Å². The average Bonchev–Trinajstić information content (AvgIpc) is 2.03. The second kappa shape index (κ2) is 4.09. The van der Waals surface area contributed by atoms with Crippen molar-refractivity contribution in [3.8, 4) is 0 Å². The first-order valence-electron chi connectivity index (χ1n) is 5.06. The van der Waals surface area contributed by atoms with Crippen LogP contribution in [0, 0.1) is 5.41 Å². The number of nitrogens with one attached hydrogen (secondary N) is 1. The Bertz CT molecular complexity index is 182. The van der Waals surface area contributed by atoms with Crippen LogP contribution in [0.2, 0.25) is 0 Å². The molecule has 0 saturated heterocycles. The molecule has 1 fully saturated rings. The van der Waals surface area contributed by atoms with E-state index >= 15 is 0 Å². The zero-order chi connectivity index (χ0) is 9.90. The molecule has 0 spiro atoms. The molecule has 1 aliphatic rings. The summed E-state index contributed by atoms with van der Waals surface area (Å²) in [7, 11) is 0. The molecule has 0 bridgehead atoms. The molecule has 76 valence electrons. The van der Waals surface area contributed by atoms with Gasteiger partial charge >= 0.3 is 0 Å². The van der Waals surface area contributed by atoms with Gasteiger partial charge in [0.15, 0.2) is 0 Å². The van der Waals surface area contributed by atoms with E-state index in [1.54, 1.807) is 0 Å². The Kier molecular flexibility index (Phi) is 3.31. The fourth-order valence-corrected chi connectivity index (χ4v) is 1.54. The average molecular weight is 185 g/mol. The third-order valence-corrected chi connectivity index (χ3v) is 3.08. The number of aliphatic hydroxyl groups is 1. The largest absolute Gasteiger partial charge is 0.395 e. The van der Waals surface area contributed by atoms with Crippen molar-refractivity contribution in [2.75, 3.05) is 6.61 Å². The highest BCUT2D eigenvalue weighted by Gasteiger charge is 2.43. The first-order valence-corrected chi connectivity index (χ1v) is 5.06. The Hall–Kier alpha value is -0.570. The molecule has 3 nitrogen and oxygen atoms in total. The van der Waals surface area contributed by atoms with Crippen molar-refractivity contribution in [3.05, 3.63) is 0 Å². The molecule has 0 aromatic heterocycles. The maximum Gasteiger partial charge on any atom is 0.228 e. The highest BCUT2D eigenvalue weighted by molar-refractivity contribution is 5.83. The van der Waals surface area contributed by atoms with Crippen molar-refractivity contribution >= 4 is 5.91 Å². The molecule has 1 amide bonds. The van der Waals surface area contributed by atoms with Crippen molar-refractivity contribution in [2.45, 2.75) is 45.6 Å². The van der Waals surface area contributed by atoms with Crippen LogP contribution < -0.4 is 5.32 Å². The standard InChI is InChI=1S/C10H19NO2/c1-3-8(2)11-9(13)10(7-12)5-4-6-10/h8,12H,3-7H2,1-2H3,(H,11,13). The lowest BCUT2D eigenvalue weighted by atomic mass is 9.68. The lowest BCUT2D eigenvalue weighted by Crippen LogP contribution is -2.50. The fourth-order valence-electron chi connectivity index (χ4n) is 1.54. The number of aliphatic hydroxyl groups excluding tert-OH is 1. The van der Waals surface area contributed by atoms with Crippen LogP contribution in [0.5, 0.6) is 0 Å². The SMILES string of the molecule is CCC(C)NC(=O)C1(CO)CCC1. The summed E-state index contributed by atoms with van der Waals surface area (Å²) in [5.41, 5.74) is -0.441. The van der Waals surface area contributed by atoms with E-state index in [-0.39, 0.29) is 18.6 Å². The summed E-state index contributed by atoms with van der Waals surface area (Å²) < 4.78 is 0. The number of rotatable bonds is 4. The number of amides is 1. The molecule has 2 N–H and O–H groups in total. The van der Waals surface area contributed by atoms with E-state index in [0.29, 0.717) is 0 Å². The molecule has 1 aliphatic carbocycles. The zero-order valence-electron chi connectivity index (χ0n) is 8.47. The minimum Gasteiger partial charge on any atom is -0.395 e. The van der Waals surface area contributed by atoms with Gasteiger partial charge in [0.1, 0.15) is 0 Å². The minimum atomic E-state index is -0.441. The molecule has 1 unspecified atom stereocenters. The summed E-state index contributed by atoms with van der Waals surface area (Å²) in [4.78, 5) is 11.7.